The van der Waals surface area contributed by atoms with E-state index in [0.717, 1.165) is 44.6 Å². The summed E-state index contributed by atoms with van der Waals surface area (Å²) in [4.78, 5) is 16.9. The van der Waals surface area contributed by atoms with E-state index in [1.54, 1.807) is 0 Å². The van der Waals surface area contributed by atoms with Crippen molar-refractivity contribution >= 4 is 11.7 Å². The number of likely N-dealkylation sites (tertiary alicyclic amines) is 1. The fourth-order valence-electron chi connectivity index (χ4n) is 3.56. The number of anilines is 1. The zero-order valence-corrected chi connectivity index (χ0v) is 12.6. The van der Waals surface area contributed by atoms with Crippen LogP contribution >= 0.6 is 0 Å². The van der Waals surface area contributed by atoms with Crippen LogP contribution < -0.4 is 10.6 Å². The normalized spacial score (nSPS) is 22.0. The van der Waals surface area contributed by atoms with Gasteiger partial charge in [0.25, 0.3) is 0 Å². The number of benzene rings is 1. The van der Waals surface area contributed by atoms with Crippen LogP contribution in [0.1, 0.15) is 43.6 Å². The Balaban J connectivity index is 1.80. The fourth-order valence-corrected chi connectivity index (χ4v) is 3.56. The van der Waals surface area contributed by atoms with E-state index < -0.39 is 0 Å². The van der Waals surface area contributed by atoms with E-state index in [-0.39, 0.29) is 6.03 Å². The number of nitrogens with zero attached hydrogens (tertiary/aromatic N) is 2. The van der Waals surface area contributed by atoms with Gasteiger partial charge in [0.2, 0.25) is 0 Å². The molecule has 1 fully saturated rings. The van der Waals surface area contributed by atoms with E-state index in [2.05, 4.69) is 18.2 Å². The molecule has 2 aliphatic heterocycles. The zero-order valence-electron chi connectivity index (χ0n) is 12.6. The molecule has 2 aliphatic rings. The number of fused-ring (bicyclic) bond motifs is 1. The standard InChI is InChI=1S/C17H25N3O/c18-10-9-14-13-20(16-8-4-3-7-15(14)16)17(21)19-11-5-1-2-6-12-19/h3-4,7-8,14H,1-2,5-6,9-13,18H2. The molecule has 114 valence electrons. The minimum Gasteiger partial charge on any atom is -0.330 e. The van der Waals surface area contributed by atoms with Crippen LogP contribution in [-0.2, 0) is 0 Å². The van der Waals surface area contributed by atoms with Crippen LogP contribution in [-0.4, -0.2) is 37.1 Å². The summed E-state index contributed by atoms with van der Waals surface area (Å²) < 4.78 is 0. The van der Waals surface area contributed by atoms with E-state index >= 15 is 0 Å². The molecule has 4 heteroatoms. The van der Waals surface area contributed by atoms with Crippen LogP contribution in [0.25, 0.3) is 0 Å². The summed E-state index contributed by atoms with van der Waals surface area (Å²) in [6.45, 7) is 3.26. The topological polar surface area (TPSA) is 49.6 Å². The maximum absolute atomic E-state index is 12.9. The van der Waals surface area contributed by atoms with Crippen molar-refractivity contribution < 1.29 is 4.79 Å². The van der Waals surface area contributed by atoms with Crippen molar-refractivity contribution in [2.75, 3.05) is 31.1 Å². The molecule has 3 rings (SSSR count). The van der Waals surface area contributed by atoms with Gasteiger partial charge in [-0.3, -0.25) is 4.90 Å². The van der Waals surface area contributed by atoms with Crippen molar-refractivity contribution in [3.8, 4) is 0 Å². The number of rotatable bonds is 2. The first kappa shape index (κ1) is 14.4. The molecule has 1 saturated heterocycles. The number of urea groups is 1. The van der Waals surface area contributed by atoms with Gasteiger partial charge in [-0.2, -0.15) is 0 Å². The molecule has 2 amide bonds. The predicted molar refractivity (Wildman–Crippen MR) is 85.6 cm³/mol. The minimum absolute atomic E-state index is 0.184. The van der Waals surface area contributed by atoms with Crippen molar-refractivity contribution in [2.24, 2.45) is 5.73 Å². The Hall–Kier alpha value is -1.55. The molecule has 1 atom stereocenters. The van der Waals surface area contributed by atoms with Crippen LogP contribution in [0, 0.1) is 0 Å². The highest BCUT2D eigenvalue weighted by Gasteiger charge is 2.33. The SMILES string of the molecule is NCCC1CN(C(=O)N2CCCCCC2)c2ccccc21. The van der Waals surface area contributed by atoms with Crippen LogP contribution in [0.15, 0.2) is 24.3 Å². The average Bonchev–Trinajstić information content (AvgIpc) is 2.70. The monoisotopic (exact) mass is 287 g/mol. The molecule has 21 heavy (non-hydrogen) atoms. The van der Waals surface area contributed by atoms with Gasteiger partial charge in [-0.25, -0.2) is 4.79 Å². The van der Waals surface area contributed by atoms with Crippen LogP contribution in [0.4, 0.5) is 10.5 Å². The molecule has 2 heterocycles. The molecule has 4 nitrogen and oxygen atoms in total. The van der Waals surface area contributed by atoms with Gasteiger partial charge in [0.1, 0.15) is 0 Å². The highest BCUT2D eigenvalue weighted by atomic mass is 16.2. The second-order valence-corrected chi connectivity index (χ2v) is 6.13. The molecule has 0 saturated carbocycles. The van der Waals surface area contributed by atoms with Gasteiger partial charge in [0.05, 0.1) is 0 Å². The first-order valence-electron chi connectivity index (χ1n) is 8.16. The maximum Gasteiger partial charge on any atom is 0.324 e. The second-order valence-electron chi connectivity index (χ2n) is 6.13. The van der Waals surface area contributed by atoms with E-state index in [0.29, 0.717) is 12.5 Å². The molecule has 0 spiro atoms. The Kier molecular flexibility index (Phi) is 4.44. The number of amides is 2. The number of hydrogen-bond donors (Lipinski definition) is 1. The molecule has 1 aromatic rings. The summed E-state index contributed by atoms with van der Waals surface area (Å²) in [5.74, 6) is 0.391. The summed E-state index contributed by atoms with van der Waals surface area (Å²) in [5, 5.41) is 0. The number of nitrogens with two attached hydrogens (primary N) is 1. The van der Waals surface area contributed by atoms with Crippen LogP contribution in [0.2, 0.25) is 0 Å². The molecule has 0 aromatic heterocycles. The lowest BCUT2D eigenvalue weighted by Gasteiger charge is -2.27. The third-order valence-corrected chi connectivity index (χ3v) is 4.69. The lowest BCUT2D eigenvalue weighted by Crippen LogP contribution is -2.43. The largest absolute Gasteiger partial charge is 0.330 e. The first-order valence-corrected chi connectivity index (χ1v) is 8.16. The Morgan fingerprint density at radius 3 is 2.57 bits per heavy atom. The lowest BCUT2D eigenvalue weighted by molar-refractivity contribution is 0.206. The zero-order chi connectivity index (χ0) is 14.7. The highest BCUT2D eigenvalue weighted by Crippen LogP contribution is 2.38. The van der Waals surface area contributed by atoms with Crippen LogP contribution in [0.3, 0.4) is 0 Å². The Morgan fingerprint density at radius 1 is 1.14 bits per heavy atom. The van der Waals surface area contributed by atoms with Gasteiger partial charge >= 0.3 is 6.03 Å². The maximum atomic E-state index is 12.9. The van der Waals surface area contributed by atoms with Gasteiger partial charge in [0, 0.05) is 31.2 Å². The lowest BCUT2D eigenvalue weighted by atomic mass is 9.98. The number of carbonyl (C=O) groups excluding carboxylic acids is 1. The summed E-state index contributed by atoms with van der Waals surface area (Å²) in [7, 11) is 0. The van der Waals surface area contributed by atoms with Gasteiger partial charge in [0.15, 0.2) is 0 Å². The minimum atomic E-state index is 0.184. The number of hydrogen-bond acceptors (Lipinski definition) is 2. The van der Waals surface area contributed by atoms with E-state index in [1.165, 1.54) is 18.4 Å². The fraction of sp³-hybridized carbons (Fsp3) is 0.588. The van der Waals surface area contributed by atoms with Gasteiger partial charge in [-0.15, -0.1) is 0 Å². The van der Waals surface area contributed by atoms with Crippen molar-refractivity contribution in [1.82, 2.24) is 4.90 Å². The highest BCUT2D eigenvalue weighted by molar-refractivity contribution is 5.94. The molecule has 0 bridgehead atoms. The molecule has 1 aromatic carbocycles. The molecular formula is C17H25N3O. The quantitative estimate of drug-likeness (QED) is 0.909. The average molecular weight is 287 g/mol. The smallest absolute Gasteiger partial charge is 0.324 e. The third-order valence-electron chi connectivity index (χ3n) is 4.69. The summed E-state index contributed by atoms with van der Waals surface area (Å²) >= 11 is 0. The van der Waals surface area contributed by atoms with E-state index in [9.17, 15) is 4.79 Å². The molecule has 2 N–H and O–H groups in total. The Labute approximate surface area is 126 Å². The first-order chi connectivity index (χ1) is 10.3. The van der Waals surface area contributed by atoms with Crippen LogP contribution in [0.5, 0.6) is 0 Å². The molecule has 0 radical (unpaired) electrons. The third kappa shape index (κ3) is 2.91. The van der Waals surface area contributed by atoms with E-state index in [4.69, 9.17) is 5.73 Å². The van der Waals surface area contributed by atoms with Gasteiger partial charge in [-0.05, 0) is 37.4 Å². The summed E-state index contributed by atoms with van der Waals surface area (Å²) in [5.41, 5.74) is 8.11. The number of para-hydroxylation sites is 1. The van der Waals surface area contributed by atoms with Gasteiger partial charge in [-0.1, -0.05) is 31.0 Å². The van der Waals surface area contributed by atoms with Crippen molar-refractivity contribution in [2.45, 2.75) is 38.0 Å². The van der Waals surface area contributed by atoms with E-state index in [1.807, 2.05) is 15.9 Å². The van der Waals surface area contributed by atoms with Crippen molar-refractivity contribution in [3.05, 3.63) is 29.8 Å². The second kappa shape index (κ2) is 6.48. The van der Waals surface area contributed by atoms with Gasteiger partial charge < -0.3 is 10.6 Å². The summed E-state index contributed by atoms with van der Waals surface area (Å²) in [6, 6.07) is 8.48. The number of carbonyl (C=O) groups is 1. The Bertz CT molecular complexity index is 495. The predicted octanol–water partition coefficient (Wildman–Crippen LogP) is 2.94. The molecule has 1 unspecified atom stereocenters. The van der Waals surface area contributed by atoms with Crippen molar-refractivity contribution in [1.29, 1.82) is 0 Å². The molecule has 0 aliphatic carbocycles. The van der Waals surface area contributed by atoms with Crippen molar-refractivity contribution in [3.63, 3.8) is 0 Å². The Morgan fingerprint density at radius 2 is 1.86 bits per heavy atom. The molecular weight excluding hydrogens is 262 g/mol. The summed E-state index contributed by atoms with van der Waals surface area (Å²) in [6.07, 6.45) is 5.70.